The molecule has 1 amide bonds. The Labute approximate surface area is 194 Å². The van der Waals surface area contributed by atoms with Crippen LogP contribution in [0.4, 0.5) is 10.1 Å². The minimum Gasteiger partial charge on any atom is -0.495 e. The predicted molar refractivity (Wildman–Crippen MR) is 128 cm³/mol. The molecule has 0 aliphatic heterocycles. The highest BCUT2D eigenvalue weighted by molar-refractivity contribution is 7.92. The number of aryl methyl sites for hydroxylation is 1. The van der Waals surface area contributed by atoms with Crippen LogP contribution in [0.3, 0.4) is 0 Å². The number of hydrogen-bond donors (Lipinski definition) is 1. The number of nitrogens with one attached hydrogen (secondary N) is 1. The molecule has 0 aliphatic rings. The molecule has 0 aromatic heterocycles. The van der Waals surface area contributed by atoms with Crippen molar-refractivity contribution in [2.45, 2.75) is 19.9 Å². The molecule has 0 unspecified atom stereocenters. The van der Waals surface area contributed by atoms with Crippen molar-refractivity contribution in [3.63, 3.8) is 0 Å². The predicted octanol–water partition coefficient (Wildman–Crippen LogP) is 4.08. The zero-order valence-electron chi connectivity index (χ0n) is 18.8. The lowest BCUT2D eigenvalue weighted by molar-refractivity contribution is 0.0954. The summed E-state index contributed by atoms with van der Waals surface area (Å²) in [5, 5.41) is 2.84. The summed E-state index contributed by atoms with van der Waals surface area (Å²) in [7, 11) is -2.08. The molecule has 3 aromatic rings. The molecule has 3 aromatic carbocycles. The molecule has 0 heterocycles. The van der Waals surface area contributed by atoms with Crippen molar-refractivity contribution in [3.05, 3.63) is 94.8 Å². The fourth-order valence-corrected chi connectivity index (χ4v) is 4.26. The fourth-order valence-electron chi connectivity index (χ4n) is 3.38. The van der Waals surface area contributed by atoms with Gasteiger partial charge in [0.05, 0.1) is 25.6 Å². The minimum atomic E-state index is -3.58. The summed E-state index contributed by atoms with van der Waals surface area (Å²) in [6.45, 7) is 2.40. The van der Waals surface area contributed by atoms with Gasteiger partial charge in [-0.15, -0.1) is 0 Å². The second-order valence-electron chi connectivity index (χ2n) is 7.77. The van der Waals surface area contributed by atoms with E-state index in [4.69, 9.17) is 4.74 Å². The zero-order chi connectivity index (χ0) is 24.0. The van der Waals surface area contributed by atoms with Crippen molar-refractivity contribution in [3.8, 4) is 5.75 Å². The van der Waals surface area contributed by atoms with Crippen LogP contribution in [-0.2, 0) is 23.0 Å². The smallest absolute Gasteiger partial charge is 0.251 e. The van der Waals surface area contributed by atoms with E-state index in [1.165, 1.54) is 23.5 Å². The van der Waals surface area contributed by atoms with E-state index in [0.717, 1.165) is 22.9 Å². The Bertz CT molecular complexity index is 1210. The summed E-state index contributed by atoms with van der Waals surface area (Å²) < 4.78 is 44.7. The van der Waals surface area contributed by atoms with Crippen LogP contribution in [0.1, 0.15) is 27.0 Å². The molecular formula is C25H27FN2O4S. The number of rotatable bonds is 9. The summed E-state index contributed by atoms with van der Waals surface area (Å²) >= 11 is 0. The van der Waals surface area contributed by atoms with Crippen LogP contribution in [0, 0.1) is 12.7 Å². The maximum Gasteiger partial charge on any atom is 0.251 e. The second kappa shape index (κ2) is 10.5. The molecule has 0 saturated heterocycles. The first-order chi connectivity index (χ1) is 15.7. The summed E-state index contributed by atoms with van der Waals surface area (Å²) in [4.78, 5) is 12.4. The van der Waals surface area contributed by atoms with Crippen LogP contribution >= 0.6 is 0 Å². The number of ether oxygens (including phenoxy) is 1. The Morgan fingerprint density at radius 1 is 1.00 bits per heavy atom. The number of halogens is 1. The standard InChI is InChI=1S/C25H27FN2O4S/c1-18-4-13-24(32-2)23(16-18)28(33(3,30)31)17-20-5-9-21(10-6-20)25(29)27-15-14-19-7-11-22(26)12-8-19/h4-13,16H,14-15,17H2,1-3H3,(H,27,29). The number of sulfonamides is 1. The Morgan fingerprint density at radius 3 is 2.24 bits per heavy atom. The van der Waals surface area contributed by atoms with E-state index < -0.39 is 10.0 Å². The van der Waals surface area contributed by atoms with Crippen LogP contribution in [-0.4, -0.2) is 34.2 Å². The van der Waals surface area contributed by atoms with Crippen LogP contribution < -0.4 is 14.4 Å². The summed E-state index contributed by atoms with van der Waals surface area (Å²) in [5.74, 6) is -0.0645. The topological polar surface area (TPSA) is 75.7 Å². The van der Waals surface area contributed by atoms with E-state index in [0.29, 0.717) is 30.0 Å². The first kappa shape index (κ1) is 24.3. The Balaban J connectivity index is 1.68. The monoisotopic (exact) mass is 470 g/mol. The molecule has 33 heavy (non-hydrogen) atoms. The fraction of sp³-hybridized carbons (Fsp3) is 0.240. The van der Waals surface area contributed by atoms with Gasteiger partial charge in [-0.25, -0.2) is 12.8 Å². The van der Waals surface area contributed by atoms with E-state index >= 15 is 0 Å². The largest absolute Gasteiger partial charge is 0.495 e. The summed E-state index contributed by atoms with van der Waals surface area (Å²) in [6, 6.07) is 18.3. The van der Waals surface area contributed by atoms with Gasteiger partial charge in [-0.05, 0) is 66.4 Å². The summed E-state index contributed by atoms with van der Waals surface area (Å²) in [6.07, 6.45) is 1.74. The van der Waals surface area contributed by atoms with Gasteiger partial charge in [-0.2, -0.15) is 0 Å². The van der Waals surface area contributed by atoms with Gasteiger partial charge in [-0.1, -0.05) is 30.3 Å². The van der Waals surface area contributed by atoms with Gasteiger partial charge >= 0.3 is 0 Å². The third-order valence-electron chi connectivity index (χ3n) is 5.16. The number of hydrogen-bond acceptors (Lipinski definition) is 4. The first-order valence-electron chi connectivity index (χ1n) is 10.4. The van der Waals surface area contributed by atoms with Gasteiger partial charge < -0.3 is 10.1 Å². The zero-order valence-corrected chi connectivity index (χ0v) is 19.7. The van der Waals surface area contributed by atoms with E-state index in [1.807, 2.05) is 13.0 Å². The van der Waals surface area contributed by atoms with Crippen LogP contribution in [0.2, 0.25) is 0 Å². The summed E-state index contributed by atoms with van der Waals surface area (Å²) in [5.41, 5.74) is 3.50. The van der Waals surface area contributed by atoms with Gasteiger partial charge in [0, 0.05) is 12.1 Å². The van der Waals surface area contributed by atoms with Crippen molar-refractivity contribution < 1.29 is 22.3 Å². The van der Waals surface area contributed by atoms with Crippen molar-refractivity contribution >= 4 is 21.6 Å². The molecular weight excluding hydrogens is 443 g/mol. The molecule has 0 saturated carbocycles. The first-order valence-corrected chi connectivity index (χ1v) is 12.3. The van der Waals surface area contributed by atoms with Gasteiger partial charge in [0.1, 0.15) is 11.6 Å². The van der Waals surface area contributed by atoms with Crippen molar-refractivity contribution in [2.24, 2.45) is 0 Å². The van der Waals surface area contributed by atoms with E-state index in [1.54, 1.807) is 48.5 Å². The Hall–Kier alpha value is -3.39. The van der Waals surface area contributed by atoms with Crippen molar-refractivity contribution in [1.29, 1.82) is 0 Å². The molecule has 3 rings (SSSR count). The third kappa shape index (κ3) is 6.55. The molecule has 0 bridgehead atoms. The van der Waals surface area contributed by atoms with E-state index in [9.17, 15) is 17.6 Å². The molecule has 0 radical (unpaired) electrons. The van der Waals surface area contributed by atoms with Crippen molar-refractivity contribution in [2.75, 3.05) is 24.2 Å². The van der Waals surface area contributed by atoms with Crippen LogP contribution in [0.5, 0.6) is 5.75 Å². The number of methoxy groups -OCH3 is 1. The van der Waals surface area contributed by atoms with Gasteiger partial charge in [0.15, 0.2) is 0 Å². The van der Waals surface area contributed by atoms with Gasteiger partial charge in [0.25, 0.3) is 5.91 Å². The molecule has 0 aliphatic carbocycles. The Kier molecular flexibility index (Phi) is 7.71. The number of benzene rings is 3. The quantitative estimate of drug-likeness (QED) is 0.511. The second-order valence-corrected chi connectivity index (χ2v) is 9.68. The highest BCUT2D eigenvalue weighted by Crippen LogP contribution is 2.32. The molecule has 0 fully saturated rings. The molecule has 0 atom stereocenters. The Morgan fingerprint density at radius 2 is 1.64 bits per heavy atom. The average molecular weight is 471 g/mol. The normalized spacial score (nSPS) is 11.2. The van der Waals surface area contributed by atoms with E-state index in [-0.39, 0.29) is 18.3 Å². The van der Waals surface area contributed by atoms with Crippen molar-refractivity contribution in [1.82, 2.24) is 5.32 Å². The van der Waals surface area contributed by atoms with Gasteiger partial charge in [0.2, 0.25) is 10.0 Å². The highest BCUT2D eigenvalue weighted by atomic mass is 32.2. The van der Waals surface area contributed by atoms with Crippen LogP contribution in [0.25, 0.3) is 0 Å². The third-order valence-corrected chi connectivity index (χ3v) is 6.28. The molecule has 8 heteroatoms. The molecule has 6 nitrogen and oxygen atoms in total. The maximum absolute atomic E-state index is 13.0. The lowest BCUT2D eigenvalue weighted by atomic mass is 10.1. The number of carbonyl (C=O) groups excluding carboxylic acids is 1. The van der Waals surface area contributed by atoms with E-state index in [2.05, 4.69) is 5.32 Å². The number of amides is 1. The molecule has 174 valence electrons. The maximum atomic E-state index is 13.0. The number of nitrogens with zero attached hydrogens (tertiary/aromatic N) is 1. The lowest BCUT2D eigenvalue weighted by Gasteiger charge is -2.25. The minimum absolute atomic E-state index is 0.102. The lowest BCUT2D eigenvalue weighted by Crippen LogP contribution is -2.30. The molecule has 0 spiro atoms. The average Bonchev–Trinajstić information content (AvgIpc) is 2.78. The van der Waals surface area contributed by atoms with Gasteiger partial charge in [-0.3, -0.25) is 9.10 Å². The number of carbonyl (C=O) groups is 1. The SMILES string of the molecule is COc1ccc(C)cc1N(Cc1ccc(C(=O)NCCc2ccc(F)cc2)cc1)S(C)(=O)=O. The highest BCUT2D eigenvalue weighted by Gasteiger charge is 2.22. The van der Waals surface area contributed by atoms with Crippen LogP contribution in [0.15, 0.2) is 66.7 Å². The molecule has 1 N–H and O–H groups in total. The number of anilines is 1.